The second-order valence-electron chi connectivity index (χ2n) is 6.22. The Morgan fingerprint density at radius 1 is 1.24 bits per heavy atom. The molecule has 21 heavy (non-hydrogen) atoms. The van der Waals surface area contributed by atoms with Crippen molar-refractivity contribution in [2.24, 2.45) is 0 Å². The molecule has 0 spiro atoms. The highest BCUT2D eigenvalue weighted by atomic mass is 79.9. The van der Waals surface area contributed by atoms with E-state index in [1.54, 1.807) is 0 Å². The molecule has 1 aliphatic heterocycles. The quantitative estimate of drug-likeness (QED) is 0.817. The molecule has 1 saturated heterocycles. The lowest BCUT2D eigenvalue weighted by molar-refractivity contribution is 0.170. The van der Waals surface area contributed by atoms with E-state index in [1.807, 2.05) is 0 Å². The highest BCUT2D eigenvalue weighted by Gasteiger charge is 2.26. The molecule has 1 aliphatic rings. The first-order valence-electron chi connectivity index (χ1n) is 7.99. The summed E-state index contributed by atoms with van der Waals surface area (Å²) < 4.78 is 1.21. The van der Waals surface area contributed by atoms with Crippen molar-refractivity contribution >= 4 is 21.6 Å². The van der Waals surface area contributed by atoms with Crippen LogP contribution in [-0.2, 0) is 6.54 Å². The van der Waals surface area contributed by atoms with Crippen molar-refractivity contribution in [3.63, 3.8) is 0 Å². The van der Waals surface area contributed by atoms with Gasteiger partial charge in [-0.2, -0.15) is 0 Å². The summed E-state index contributed by atoms with van der Waals surface area (Å²) in [5.41, 5.74) is 2.66. The van der Waals surface area contributed by atoms with Gasteiger partial charge in [-0.3, -0.25) is 4.90 Å². The zero-order valence-electron chi connectivity index (χ0n) is 13.7. The third kappa shape index (κ3) is 4.21. The Hall–Kier alpha value is -0.580. The summed E-state index contributed by atoms with van der Waals surface area (Å²) in [6.07, 6.45) is 1.17. The predicted octanol–water partition coefficient (Wildman–Crippen LogP) is 3.48. The second-order valence-corrected chi connectivity index (χ2v) is 7.08. The molecule has 3 nitrogen and oxygen atoms in total. The summed E-state index contributed by atoms with van der Waals surface area (Å²) in [7, 11) is 2.23. The summed E-state index contributed by atoms with van der Waals surface area (Å²) >= 11 is 3.73. The molecule has 1 N–H and O–H groups in total. The van der Waals surface area contributed by atoms with Gasteiger partial charge in [-0.25, -0.2) is 0 Å². The van der Waals surface area contributed by atoms with E-state index in [-0.39, 0.29) is 0 Å². The molecule has 1 aromatic carbocycles. The van der Waals surface area contributed by atoms with Crippen molar-refractivity contribution in [1.82, 2.24) is 10.2 Å². The molecule has 0 amide bonds. The minimum absolute atomic E-state index is 0.596. The number of likely N-dealkylation sites (N-methyl/N-ethyl adjacent to an activating group) is 1. The van der Waals surface area contributed by atoms with Crippen LogP contribution in [0.4, 0.5) is 5.69 Å². The lowest BCUT2D eigenvalue weighted by Crippen LogP contribution is -2.55. The van der Waals surface area contributed by atoms with Crippen LogP contribution < -0.4 is 10.2 Å². The average Bonchev–Trinajstić information content (AvgIpc) is 2.46. The third-order valence-electron chi connectivity index (χ3n) is 4.50. The van der Waals surface area contributed by atoms with Crippen molar-refractivity contribution in [2.45, 2.75) is 45.8 Å². The molecule has 118 valence electrons. The topological polar surface area (TPSA) is 18.5 Å². The molecule has 2 atom stereocenters. The zero-order chi connectivity index (χ0) is 15.4. The Labute approximate surface area is 137 Å². The van der Waals surface area contributed by atoms with Crippen LogP contribution in [0.3, 0.4) is 0 Å². The van der Waals surface area contributed by atoms with E-state index < -0.39 is 0 Å². The smallest absolute Gasteiger partial charge is 0.0378 e. The van der Waals surface area contributed by atoms with E-state index in [9.17, 15) is 0 Å². The minimum Gasteiger partial charge on any atom is -0.368 e. The molecule has 0 radical (unpaired) electrons. The van der Waals surface area contributed by atoms with Crippen LogP contribution in [0.15, 0.2) is 22.7 Å². The molecule has 2 rings (SSSR count). The molecule has 0 saturated carbocycles. The van der Waals surface area contributed by atoms with Gasteiger partial charge in [0.05, 0.1) is 0 Å². The Morgan fingerprint density at radius 3 is 2.48 bits per heavy atom. The molecule has 4 heteroatoms. The summed E-state index contributed by atoms with van der Waals surface area (Å²) in [5, 5.41) is 3.46. The third-order valence-corrected chi connectivity index (χ3v) is 5.24. The highest BCUT2D eigenvalue weighted by molar-refractivity contribution is 9.10. The van der Waals surface area contributed by atoms with Gasteiger partial charge in [0, 0.05) is 41.9 Å². The highest BCUT2D eigenvalue weighted by Crippen LogP contribution is 2.27. The average molecular weight is 354 g/mol. The maximum Gasteiger partial charge on any atom is 0.0378 e. The number of nitrogens with one attached hydrogen (secondary N) is 1. The molecule has 0 aliphatic carbocycles. The van der Waals surface area contributed by atoms with Gasteiger partial charge in [-0.05, 0) is 51.6 Å². The number of nitrogens with zero attached hydrogens (tertiary/aromatic N) is 2. The number of hydrogen-bond donors (Lipinski definition) is 1. The van der Waals surface area contributed by atoms with Crippen molar-refractivity contribution in [3.05, 3.63) is 28.2 Å². The maximum absolute atomic E-state index is 3.73. The first-order chi connectivity index (χ1) is 10.0. The van der Waals surface area contributed by atoms with Gasteiger partial charge in [-0.1, -0.05) is 28.9 Å². The Morgan fingerprint density at radius 2 is 1.90 bits per heavy atom. The Balaban J connectivity index is 2.05. The molecule has 1 heterocycles. The molecule has 1 fully saturated rings. The van der Waals surface area contributed by atoms with Gasteiger partial charge < -0.3 is 10.2 Å². The molecule has 0 bridgehead atoms. The van der Waals surface area contributed by atoms with Gasteiger partial charge in [0.1, 0.15) is 0 Å². The molecule has 2 unspecified atom stereocenters. The molecular weight excluding hydrogens is 326 g/mol. The van der Waals surface area contributed by atoms with E-state index >= 15 is 0 Å². The zero-order valence-corrected chi connectivity index (χ0v) is 15.3. The van der Waals surface area contributed by atoms with Crippen LogP contribution in [0.25, 0.3) is 0 Å². The van der Waals surface area contributed by atoms with E-state index in [0.29, 0.717) is 12.1 Å². The lowest BCUT2D eigenvalue weighted by Gasteiger charge is -2.43. The van der Waals surface area contributed by atoms with Crippen LogP contribution in [0.5, 0.6) is 0 Å². The van der Waals surface area contributed by atoms with Gasteiger partial charge >= 0.3 is 0 Å². The molecular formula is C17H28BrN3. The van der Waals surface area contributed by atoms with Gasteiger partial charge in [0.15, 0.2) is 0 Å². The number of halogens is 1. The number of hydrogen-bond acceptors (Lipinski definition) is 3. The van der Waals surface area contributed by atoms with Crippen LogP contribution in [0.1, 0.15) is 32.8 Å². The van der Waals surface area contributed by atoms with Crippen LogP contribution in [0, 0.1) is 0 Å². The van der Waals surface area contributed by atoms with Crippen LogP contribution >= 0.6 is 15.9 Å². The van der Waals surface area contributed by atoms with E-state index in [2.05, 4.69) is 77.1 Å². The SMILES string of the molecule is CCCNCc1ccc(N2CC(C)N(C)C(C)C2)cc1Br. The van der Waals surface area contributed by atoms with E-state index in [4.69, 9.17) is 0 Å². The fraction of sp³-hybridized carbons (Fsp3) is 0.647. The number of piperazine rings is 1. The number of rotatable bonds is 5. The minimum atomic E-state index is 0.596. The standard InChI is InChI=1S/C17H28BrN3/c1-5-8-19-10-15-6-7-16(9-17(15)18)21-11-13(2)20(4)14(3)12-21/h6-7,9,13-14,19H,5,8,10-12H2,1-4H3. The predicted molar refractivity (Wildman–Crippen MR) is 95.0 cm³/mol. The largest absolute Gasteiger partial charge is 0.368 e. The van der Waals surface area contributed by atoms with Crippen molar-refractivity contribution in [1.29, 1.82) is 0 Å². The van der Waals surface area contributed by atoms with Crippen molar-refractivity contribution in [2.75, 3.05) is 31.6 Å². The normalized spacial score (nSPS) is 23.6. The summed E-state index contributed by atoms with van der Waals surface area (Å²) in [6.45, 7) is 11.0. The van der Waals surface area contributed by atoms with Crippen LogP contribution in [-0.4, -0.2) is 43.7 Å². The van der Waals surface area contributed by atoms with Crippen molar-refractivity contribution in [3.8, 4) is 0 Å². The number of anilines is 1. The molecule has 1 aromatic rings. The Kier molecular flexibility index (Phi) is 6.08. The first-order valence-corrected chi connectivity index (χ1v) is 8.78. The fourth-order valence-electron chi connectivity index (χ4n) is 2.89. The number of benzene rings is 1. The van der Waals surface area contributed by atoms with E-state index in [0.717, 1.165) is 26.2 Å². The summed E-state index contributed by atoms with van der Waals surface area (Å²) in [6, 6.07) is 7.97. The maximum atomic E-state index is 3.73. The molecule has 0 aromatic heterocycles. The van der Waals surface area contributed by atoms with Crippen molar-refractivity contribution < 1.29 is 0 Å². The summed E-state index contributed by atoms with van der Waals surface area (Å²) in [5.74, 6) is 0. The second kappa shape index (κ2) is 7.61. The first kappa shape index (κ1) is 16.8. The Bertz CT molecular complexity index is 451. The monoisotopic (exact) mass is 353 g/mol. The van der Waals surface area contributed by atoms with Gasteiger partial charge in [-0.15, -0.1) is 0 Å². The lowest BCUT2D eigenvalue weighted by atomic mass is 10.1. The summed E-state index contributed by atoms with van der Waals surface area (Å²) in [4.78, 5) is 4.97. The van der Waals surface area contributed by atoms with Gasteiger partial charge in [0.2, 0.25) is 0 Å². The fourth-order valence-corrected chi connectivity index (χ4v) is 3.40. The van der Waals surface area contributed by atoms with Crippen LogP contribution in [0.2, 0.25) is 0 Å². The van der Waals surface area contributed by atoms with Gasteiger partial charge in [0.25, 0.3) is 0 Å². The van der Waals surface area contributed by atoms with E-state index in [1.165, 1.54) is 22.1 Å².